The smallest absolute Gasteiger partial charge is 0.371 e. The molecule has 0 bridgehead atoms. The fourth-order valence-corrected chi connectivity index (χ4v) is 4.44. The number of benzene rings is 2. The molecule has 1 aliphatic heterocycles. The first kappa shape index (κ1) is 21.5. The Labute approximate surface area is 179 Å². The van der Waals surface area contributed by atoms with Gasteiger partial charge in [-0.15, -0.1) is 0 Å². The number of aryl methyl sites for hydroxylation is 1. The minimum absolute atomic E-state index is 0.0839. The summed E-state index contributed by atoms with van der Waals surface area (Å²) >= 11 is 0. The average Bonchev–Trinajstić information content (AvgIpc) is 2.76. The van der Waals surface area contributed by atoms with E-state index in [4.69, 9.17) is 0 Å². The third kappa shape index (κ3) is 5.49. The summed E-state index contributed by atoms with van der Waals surface area (Å²) in [6, 6.07) is 15.1. The van der Waals surface area contributed by atoms with Crippen molar-refractivity contribution in [3.05, 3.63) is 76.1 Å². The highest BCUT2D eigenvalue weighted by atomic mass is 19.4. The van der Waals surface area contributed by atoms with Crippen LogP contribution in [0.2, 0.25) is 0 Å². The second kappa shape index (κ2) is 9.16. The molecular formula is C25H27F3N2O. The van der Waals surface area contributed by atoms with E-state index in [9.17, 15) is 18.0 Å². The maximum Gasteiger partial charge on any atom is 0.416 e. The number of H-pyrrole nitrogens is 1. The molecular weight excluding hydrogens is 401 g/mol. The Kier molecular flexibility index (Phi) is 6.35. The van der Waals surface area contributed by atoms with Crippen molar-refractivity contribution < 1.29 is 13.2 Å². The molecule has 0 amide bonds. The highest BCUT2D eigenvalue weighted by Crippen LogP contribution is 2.30. The zero-order chi connectivity index (χ0) is 21.8. The maximum atomic E-state index is 12.6. The van der Waals surface area contributed by atoms with Crippen LogP contribution in [0.25, 0.3) is 10.9 Å². The third-order valence-corrected chi connectivity index (χ3v) is 6.30. The van der Waals surface area contributed by atoms with Crippen molar-refractivity contribution >= 4 is 16.6 Å². The van der Waals surface area contributed by atoms with E-state index in [0.717, 1.165) is 61.7 Å². The number of aromatic amines is 1. The number of anilines is 1. The highest BCUT2D eigenvalue weighted by Gasteiger charge is 2.29. The monoisotopic (exact) mass is 428 g/mol. The lowest BCUT2D eigenvalue weighted by molar-refractivity contribution is -0.137. The van der Waals surface area contributed by atoms with Gasteiger partial charge in [-0.25, -0.2) is 0 Å². The molecule has 164 valence electrons. The van der Waals surface area contributed by atoms with E-state index in [2.05, 4.69) is 22.0 Å². The van der Waals surface area contributed by atoms with Crippen LogP contribution >= 0.6 is 0 Å². The molecule has 1 aromatic heterocycles. The van der Waals surface area contributed by atoms with Crippen LogP contribution in [0.5, 0.6) is 0 Å². The van der Waals surface area contributed by atoms with Crippen LogP contribution in [0.4, 0.5) is 18.9 Å². The van der Waals surface area contributed by atoms with Gasteiger partial charge in [0.25, 0.3) is 0 Å². The van der Waals surface area contributed by atoms with Gasteiger partial charge in [-0.3, -0.25) is 4.79 Å². The Morgan fingerprint density at radius 2 is 1.68 bits per heavy atom. The molecule has 1 fully saturated rings. The van der Waals surface area contributed by atoms with Crippen LogP contribution < -0.4 is 10.5 Å². The normalized spacial score (nSPS) is 15.5. The first-order chi connectivity index (χ1) is 14.9. The maximum absolute atomic E-state index is 12.6. The van der Waals surface area contributed by atoms with Crippen LogP contribution in [0, 0.1) is 5.92 Å². The molecule has 3 aromatic rings. The highest BCUT2D eigenvalue weighted by molar-refractivity contribution is 5.82. The SMILES string of the molecule is O=c1ccc2cc(N3CCC(CCCCc4ccc(C(F)(F)F)cc4)CC3)ccc2[nH]1. The summed E-state index contributed by atoms with van der Waals surface area (Å²) < 4.78 is 37.9. The number of nitrogens with one attached hydrogen (secondary N) is 1. The van der Waals surface area contributed by atoms with Gasteiger partial charge in [0.2, 0.25) is 5.56 Å². The Morgan fingerprint density at radius 1 is 0.935 bits per heavy atom. The van der Waals surface area contributed by atoms with Gasteiger partial charge < -0.3 is 9.88 Å². The summed E-state index contributed by atoms with van der Waals surface area (Å²) in [5.74, 6) is 0.709. The van der Waals surface area contributed by atoms with Crippen LogP contribution in [0.1, 0.15) is 43.2 Å². The first-order valence-electron chi connectivity index (χ1n) is 10.9. The molecule has 0 saturated carbocycles. The molecule has 0 atom stereocenters. The van der Waals surface area contributed by atoms with E-state index in [1.54, 1.807) is 18.2 Å². The summed E-state index contributed by atoms with van der Waals surface area (Å²) in [6.45, 7) is 2.05. The standard InChI is InChI=1S/C25H27F3N2O/c26-25(27,28)21-8-5-18(6-9-21)3-1-2-4-19-13-15-30(16-14-19)22-10-11-23-20(17-22)7-12-24(31)29-23/h5-12,17,19H,1-4,13-16H2,(H,29,31). The van der Waals surface area contributed by atoms with Gasteiger partial charge in [-0.05, 0) is 73.6 Å². The predicted molar refractivity (Wildman–Crippen MR) is 119 cm³/mol. The average molecular weight is 428 g/mol. The van der Waals surface area contributed by atoms with E-state index in [1.165, 1.54) is 24.2 Å². The number of hydrogen-bond donors (Lipinski definition) is 1. The molecule has 1 aliphatic rings. The van der Waals surface area contributed by atoms with Crippen LogP contribution in [0.3, 0.4) is 0 Å². The lowest BCUT2D eigenvalue weighted by Gasteiger charge is -2.34. The summed E-state index contributed by atoms with van der Waals surface area (Å²) in [5, 5.41) is 1.04. The van der Waals surface area contributed by atoms with Crippen molar-refractivity contribution in [2.24, 2.45) is 5.92 Å². The Bertz CT molecular complexity index is 1060. The second-order valence-corrected chi connectivity index (χ2v) is 8.47. The van der Waals surface area contributed by atoms with Gasteiger partial charge in [-0.2, -0.15) is 13.2 Å². The second-order valence-electron chi connectivity index (χ2n) is 8.47. The number of hydrogen-bond acceptors (Lipinski definition) is 2. The fourth-order valence-electron chi connectivity index (χ4n) is 4.44. The van der Waals surface area contributed by atoms with Gasteiger partial charge in [0.05, 0.1) is 5.56 Å². The van der Waals surface area contributed by atoms with E-state index in [-0.39, 0.29) is 5.56 Å². The largest absolute Gasteiger partial charge is 0.416 e. The quantitative estimate of drug-likeness (QED) is 0.476. The van der Waals surface area contributed by atoms with Gasteiger partial charge in [0, 0.05) is 35.7 Å². The van der Waals surface area contributed by atoms with Gasteiger partial charge in [0.1, 0.15) is 0 Å². The molecule has 0 unspecified atom stereocenters. The predicted octanol–water partition coefficient (Wildman–Crippen LogP) is 6.18. The van der Waals surface area contributed by atoms with Gasteiger partial charge in [0.15, 0.2) is 0 Å². The number of rotatable bonds is 6. The minimum Gasteiger partial charge on any atom is -0.371 e. The summed E-state index contributed by atoms with van der Waals surface area (Å²) in [4.78, 5) is 16.7. The summed E-state index contributed by atoms with van der Waals surface area (Å²) in [7, 11) is 0. The van der Waals surface area contributed by atoms with Crippen LogP contribution in [-0.2, 0) is 12.6 Å². The minimum atomic E-state index is -4.26. The Morgan fingerprint density at radius 3 is 2.39 bits per heavy atom. The first-order valence-corrected chi connectivity index (χ1v) is 10.9. The molecule has 0 spiro atoms. The van der Waals surface area contributed by atoms with E-state index < -0.39 is 11.7 Å². The number of pyridine rings is 1. The molecule has 31 heavy (non-hydrogen) atoms. The number of aromatic nitrogens is 1. The van der Waals surface area contributed by atoms with Crippen molar-refractivity contribution in [1.82, 2.24) is 4.98 Å². The Balaban J connectivity index is 1.21. The molecule has 2 heterocycles. The molecule has 1 saturated heterocycles. The van der Waals surface area contributed by atoms with Crippen LogP contribution in [-0.4, -0.2) is 18.1 Å². The number of alkyl halides is 3. The zero-order valence-electron chi connectivity index (χ0n) is 17.4. The van der Waals surface area contributed by atoms with Gasteiger partial charge in [-0.1, -0.05) is 25.0 Å². The molecule has 6 heteroatoms. The number of nitrogens with zero attached hydrogens (tertiary/aromatic N) is 1. The zero-order valence-corrected chi connectivity index (χ0v) is 17.4. The number of fused-ring (bicyclic) bond motifs is 1. The van der Waals surface area contributed by atoms with Crippen molar-refractivity contribution in [3.63, 3.8) is 0 Å². The Hall–Kier alpha value is -2.76. The van der Waals surface area contributed by atoms with Crippen molar-refractivity contribution in [2.75, 3.05) is 18.0 Å². The molecule has 1 N–H and O–H groups in total. The molecule has 0 radical (unpaired) electrons. The van der Waals surface area contributed by atoms with Crippen molar-refractivity contribution in [1.29, 1.82) is 0 Å². The lowest BCUT2D eigenvalue weighted by atomic mass is 9.90. The molecule has 4 rings (SSSR count). The van der Waals surface area contributed by atoms with E-state index in [0.29, 0.717) is 5.92 Å². The van der Waals surface area contributed by atoms with Gasteiger partial charge >= 0.3 is 6.18 Å². The lowest BCUT2D eigenvalue weighted by Crippen LogP contribution is -2.33. The molecule has 2 aromatic carbocycles. The number of piperidine rings is 1. The third-order valence-electron chi connectivity index (χ3n) is 6.30. The topological polar surface area (TPSA) is 36.1 Å². The summed E-state index contributed by atoms with van der Waals surface area (Å²) in [5.41, 5.74) is 2.36. The number of halogens is 3. The summed E-state index contributed by atoms with van der Waals surface area (Å²) in [6.07, 6.45) is 2.17. The van der Waals surface area contributed by atoms with Crippen molar-refractivity contribution in [3.8, 4) is 0 Å². The van der Waals surface area contributed by atoms with E-state index >= 15 is 0 Å². The van der Waals surface area contributed by atoms with E-state index in [1.807, 2.05) is 12.1 Å². The number of unbranched alkanes of at least 4 members (excludes halogenated alkanes) is 1. The van der Waals surface area contributed by atoms with Crippen LogP contribution in [0.15, 0.2) is 59.4 Å². The molecule has 3 nitrogen and oxygen atoms in total. The fraction of sp³-hybridized carbons (Fsp3) is 0.400. The van der Waals surface area contributed by atoms with Crippen molar-refractivity contribution in [2.45, 2.75) is 44.7 Å². The molecule has 0 aliphatic carbocycles.